The zero-order valence-corrected chi connectivity index (χ0v) is 11.5. The minimum absolute atomic E-state index is 0.259. The molecule has 0 radical (unpaired) electrons. The van der Waals surface area contributed by atoms with Crippen molar-refractivity contribution in [2.24, 2.45) is 5.92 Å². The van der Waals surface area contributed by atoms with Crippen molar-refractivity contribution in [1.82, 2.24) is 10.2 Å². The van der Waals surface area contributed by atoms with Gasteiger partial charge in [0, 0.05) is 19.0 Å². The first-order chi connectivity index (χ1) is 9.82. The van der Waals surface area contributed by atoms with Crippen LogP contribution in [-0.4, -0.2) is 67.5 Å². The zero-order chi connectivity index (χ0) is 15.9. The summed E-state index contributed by atoms with van der Waals surface area (Å²) in [5, 5.41) is 10.4. The summed E-state index contributed by atoms with van der Waals surface area (Å²) in [6, 6.07) is 0. The molecule has 2 N–H and O–H groups in total. The summed E-state index contributed by atoms with van der Waals surface area (Å²) in [5.74, 6) is -2.16. The van der Waals surface area contributed by atoms with Gasteiger partial charge in [-0.3, -0.25) is 4.79 Å². The number of halogens is 3. The Labute approximate surface area is 120 Å². The maximum atomic E-state index is 12.0. The topological polar surface area (TPSA) is 78.9 Å². The van der Waals surface area contributed by atoms with Crippen LogP contribution in [0.2, 0.25) is 0 Å². The van der Waals surface area contributed by atoms with Crippen LogP contribution in [0.3, 0.4) is 0 Å². The molecule has 2 fully saturated rings. The molecule has 2 aliphatic heterocycles. The van der Waals surface area contributed by atoms with E-state index in [2.05, 4.69) is 5.32 Å². The van der Waals surface area contributed by atoms with E-state index in [1.54, 1.807) is 0 Å². The fraction of sp³-hybridized carbons (Fsp3) is 0.833. The van der Waals surface area contributed by atoms with Gasteiger partial charge >= 0.3 is 12.1 Å². The van der Waals surface area contributed by atoms with E-state index in [4.69, 9.17) is 14.6 Å². The first-order valence-electron chi connectivity index (χ1n) is 6.69. The SMILES string of the molecule is O=C(C1CCNCC1)N1CCOCC1.O=C(O)C(F)(F)F. The van der Waals surface area contributed by atoms with E-state index in [1.165, 1.54) is 0 Å². The lowest BCUT2D eigenvalue weighted by molar-refractivity contribution is -0.192. The number of carbonyl (C=O) groups is 2. The van der Waals surface area contributed by atoms with Crippen molar-refractivity contribution in [3.63, 3.8) is 0 Å². The summed E-state index contributed by atoms with van der Waals surface area (Å²) in [4.78, 5) is 22.8. The number of ether oxygens (including phenoxy) is 1. The molecule has 0 aromatic rings. The standard InChI is InChI=1S/C10H18N2O2.C2HF3O2/c13-10(9-1-3-11-4-2-9)12-5-7-14-8-6-12;3-2(4,5)1(6)7/h9,11H,1-8H2;(H,6,7). The fourth-order valence-corrected chi connectivity index (χ4v) is 2.11. The molecule has 0 aromatic heterocycles. The third kappa shape index (κ3) is 6.30. The number of aliphatic carboxylic acids is 1. The highest BCUT2D eigenvalue weighted by Gasteiger charge is 2.38. The van der Waals surface area contributed by atoms with Gasteiger partial charge in [-0.25, -0.2) is 4.79 Å². The molecule has 0 atom stereocenters. The van der Waals surface area contributed by atoms with Crippen molar-refractivity contribution >= 4 is 11.9 Å². The zero-order valence-electron chi connectivity index (χ0n) is 11.5. The van der Waals surface area contributed by atoms with Crippen LogP contribution in [0.1, 0.15) is 12.8 Å². The summed E-state index contributed by atoms with van der Waals surface area (Å²) in [7, 11) is 0. The highest BCUT2D eigenvalue weighted by molar-refractivity contribution is 5.79. The maximum Gasteiger partial charge on any atom is 0.490 e. The van der Waals surface area contributed by atoms with Gasteiger partial charge in [0.2, 0.25) is 5.91 Å². The smallest absolute Gasteiger partial charge is 0.475 e. The number of carboxylic acid groups (broad SMARTS) is 1. The molecule has 2 rings (SSSR count). The molecule has 0 saturated carbocycles. The number of rotatable bonds is 1. The molecule has 0 aliphatic carbocycles. The monoisotopic (exact) mass is 312 g/mol. The van der Waals surface area contributed by atoms with Gasteiger partial charge in [-0.1, -0.05) is 0 Å². The van der Waals surface area contributed by atoms with E-state index in [1.807, 2.05) is 4.90 Å². The Morgan fingerprint density at radius 3 is 2.05 bits per heavy atom. The number of carbonyl (C=O) groups excluding carboxylic acids is 1. The maximum absolute atomic E-state index is 12.0. The summed E-state index contributed by atoms with van der Waals surface area (Å²) in [6.07, 6.45) is -3.09. The second-order valence-corrected chi connectivity index (χ2v) is 4.76. The van der Waals surface area contributed by atoms with Crippen molar-refractivity contribution in [2.75, 3.05) is 39.4 Å². The second kappa shape index (κ2) is 8.18. The minimum Gasteiger partial charge on any atom is -0.475 e. The Hall–Kier alpha value is -1.35. The lowest BCUT2D eigenvalue weighted by Crippen LogP contribution is -2.46. The molecular weight excluding hydrogens is 293 g/mol. The number of amides is 1. The molecule has 2 aliphatic rings. The van der Waals surface area contributed by atoms with Crippen molar-refractivity contribution in [1.29, 1.82) is 0 Å². The van der Waals surface area contributed by atoms with Crippen LogP contribution in [0.25, 0.3) is 0 Å². The number of nitrogens with zero attached hydrogens (tertiary/aromatic N) is 1. The largest absolute Gasteiger partial charge is 0.490 e. The van der Waals surface area contributed by atoms with E-state index in [0.29, 0.717) is 19.1 Å². The van der Waals surface area contributed by atoms with Crippen molar-refractivity contribution < 1.29 is 32.6 Å². The van der Waals surface area contributed by atoms with Crippen LogP contribution >= 0.6 is 0 Å². The molecule has 0 bridgehead atoms. The van der Waals surface area contributed by atoms with Crippen LogP contribution in [0.4, 0.5) is 13.2 Å². The average molecular weight is 312 g/mol. The van der Waals surface area contributed by atoms with Crippen LogP contribution < -0.4 is 5.32 Å². The first-order valence-corrected chi connectivity index (χ1v) is 6.69. The predicted molar refractivity (Wildman–Crippen MR) is 66.7 cm³/mol. The molecule has 9 heteroatoms. The van der Waals surface area contributed by atoms with Gasteiger partial charge in [-0.2, -0.15) is 13.2 Å². The third-order valence-electron chi connectivity index (χ3n) is 3.25. The lowest BCUT2D eigenvalue weighted by atomic mass is 9.96. The molecule has 0 spiro atoms. The van der Waals surface area contributed by atoms with Gasteiger partial charge < -0.3 is 20.1 Å². The van der Waals surface area contributed by atoms with Crippen LogP contribution in [0.5, 0.6) is 0 Å². The molecule has 6 nitrogen and oxygen atoms in total. The fourth-order valence-electron chi connectivity index (χ4n) is 2.11. The van der Waals surface area contributed by atoms with Gasteiger partial charge in [-0.15, -0.1) is 0 Å². The van der Waals surface area contributed by atoms with E-state index in [0.717, 1.165) is 39.0 Å². The van der Waals surface area contributed by atoms with Gasteiger partial charge in [0.15, 0.2) is 0 Å². The number of carboxylic acids is 1. The van der Waals surface area contributed by atoms with E-state index >= 15 is 0 Å². The minimum atomic E-state index is -5.08. The third-order valence-corrected chi connectivity index (χ3v) is 3.25. The quantitative estimate of drug-likeness (QED) is 0.736. The first kappa shape index (κ1) is 17.7. The van der Waals surface area contributed by atoms with Crippen LogP contribution in [0.15, 0.2) is 0 Å². The Balaban J connectivity index is 0.000000270. The van der Waals surface area contributed by atoms with Crippen molar-refractivity contribution in [3.8, 4) is 0 Å². The number of alkyl halides is 3. The Bertz CT molecular complexity index is 331. The Morgan fingerprint density at radius 1 is 1.14 bits per heavy atom. The normalized spacial score (nSPS) is 20.4. The van der Waals surface area contributed by atoms with Crippen LogP contribution in [0, 0.1) is 5.92 Å². The molecule has 2 saturated heterocycles. The molecule has 0 aromatic carbocycles. The predicted octanol–water partition coefficient (Wildman–Crippen LogP) is 0.478. The van der Waals surface area contributed by atoms with Gasteiger partial charge in [0.05, 0.1) is 13.2 Å². The highest BCUT2D eigenvalue weighted by Crippen LogP contribution is 2.15. The summed E-state index contributed by atoms with van der Waals surface area (Å²) in [6.45, 7) is 4.94. The van der Waals surface area contributed by atoms with E-state index in [-0.39, 0.29) is 5.92 Å². The van der Waals surface area contributed by atoms with Gasteiger partial charge in [0.25, 0.3) is 0 Å². The van der Waals surface area contributed by atoms with E-state index in [9.17, 15) is 18.0 Å². The average Bonchev–Trinajstić information content (AvgIpc) is 2.48. The number of morpholine rings is 1. The molecule has 21 heavy (non-hydrogen) atoms. The number of nitrogens with one attached hydrogen (secondary N) is 1. The van der Waals surface area contributed by atoms with Crippen LogP contribution in [-0.2, 0) is 14.3 Å². The van der Waals surface area contributed by atoms with Gasteiger partial charge in [0.1, 0.15) is 0 Å². The second-order valence-electron chi connectivity index (χ2n) is 4.76. The van der Waals surface area contributed by atoms with Crippen molar-refractivity contribution in [2.45, 2.75) is 19.0 Å². The number of hydrogen-bond donors (Lipinski definition) is 2. The Kier molecular flexibility index (Phi) is 6.90. The molecular formula is C12H19F3N2O4. The molecule has 1 amide bonds. The summed E-state index contributed by atoms with van der Waals surface area (Å²) in [5.41, 5.74) is 0. The summed E-state index contributed by atoms with van der Waals surface area (Å²) >= 11 is 0. The highest BCUT2D eigenvalue weighted by atomic mass is 19.4. The van der Waals surface area contributed by atoms with Crippen molar-refractivity contribution in [3.05, 3.63) is 0 Å². The molecule has 2 heterocycles. The summed E-state index contributed by atoms with van der Waals surface area (Å²) < 4.78 is 37.0. The Morgan fingerprint density at radius 2 is 1.62 bits per heavy atom. The lowest BCUT2D eigenvalue weighted by Gasteiger charge is -2.32. The number of hydrogen-bond acceptors (Lipinski definition) is 4. The number of piperidine rings is 1. The molecule has 0 unspecified atom stereocenters. The molecule has 122 valence electrons. The van der Waals surface area contributed by atoms with E-state index < -0.39 is 12.1 Å². The van der Waals surface area contributed by atoms with Gasteiger partial charge in [-0.05, 0) is 25.9 Å².